The zero-order valence-electron chi connectivity index (χ0n) is 13.0. The first-order valence-corrected chi connectivity index (χ1v) is 6.69. The Kier molecular flexibility index (Phi) is 4.49. The summed E-state index contributed by atoms with van der Waals surface area (Å²) in [7, 11) is 1.41. The maximum atomic E-state index is 12.5. The van der Waals surface area contributed by atoms with Gasteiger partial charge in [0.1, 0.15) is 0 Å². The number of carbonyl (C=O) groups excluding carboxylic acids is 2. The highest BCUT2D eigenvalue weighted by atomic mass is 16.5. The molecule has 0 bridgehead atoms. The number of carbonyl (C=O) groups is 2. The third-order valence-electron chi connectivity index (χ3n) is 3.09. The lowest BCUT2D eigenvalue weighted by Gasteiger charge is -2.07. The quantitative estimate of drug-likeness (QED) is 0.649. The van der Waals surface area contributed by atoms with Gasteiger partial charge in [0, 0.05) is 12.5 Å². The van der Waals surface area contributed by atoms with Crippen molar-refractivity contribution < 1.29 is 23.8 Å². The van der Waals surface area contributed by atoms with Crippen molar-refractivity contribution in [1.82, 2.24) is 4.98 Å². The number of phenolic OH excluding ortho intramolecular Hbond substituents is 1. The molecule has 0 saturated heterocycles. The fourth-order valence-electron chi connectivity index (χ4n) is 1.94. The molecule has 1 heterocycles. The molecule has 0 aliphatic carbocycles. The number of ether oxygens (including phenoxy) is 1. The van der Waals surface area contributed by atoms with Gasteiger partial charge in [0.25, 0.3) is 0 Å². The Hall–Kier alpha value is -3.09. The van der Waals surface area contributed by atoms with Crippen molar-refractivity contribution in [2.24, 2.45) is 0 Å². The van der Waals surface area contributed by atoms with E-state index in [1.165, 1.54) is 26.2 Å². The Labute approximate surface area is 132 Å². The van der Waals surface area contributed by atoms with E-state index in [-0.39, 0.29) is 34.8 Å². The van der Waals surface area contributed by atoms with E-state index in [0.717, 1.165) is 0 Å². The number of oxazole rings is 1. The Morgan fingerprint density at radius 2 is 2.09 bits per heavy atom. The molecule has 1 aromatic carbocycles. The highest BCUT2D eigenvalue weighted by Crippen LogP contribution is 2.30. The molecule has 7 heteroatoms. The number of aryl methyl sites for hydroxylation is 1. The number of hydrogen-bond donors (Lipinski definition) is 2. The fourth-order valence-corrected chi connectivity index (χ4v) is 1.94. The minimum atomic E-state index is -0.473. The first-order chi connectivity index (χ1) is 10.8. The maximum absolute atomic E-state index is 12.5. The maximum Gasteiger partial charge on any atom is 0.302 e. The molecule has 0 aliphatic rings. The predicted octanol–water partition coefficient (Wildman–Crippen LogP) is 2.55. The first-order valence-electron chi connectivity index (χ1n) is 6.69. The lowest BCUT2D eigenvalue weighted by molar-refractivity contribution is -0.114. The van der Waals surface area contributed by atoms with E-state index in [2.05, 4.69) is 16.9 Å². The molecular weight excluding hydrogens is 300 g/mol. The summed E-state index contributed by atoms with van der Waals surface area (Å²) in [5.41, 5.74) is 0.962. The number of hydrogen-bond acceptors (Lipinski definition) is 6. The summed E-state index contributed by atoms with van der Waals surface area (Å²) >= 11 is 0. The number of Topliss-reactive ketones (excluding diaryl/α,β-unsaturated/α-hetero) is 1. The molecular formula is C16H16N2O5. The molecule has 0 aliphatic heterocycles. The van der Waals surface area contributed by atoms with Crippen molar-refractivity contribution in [3.8, 4) is 11.5 Å². The van der Waals surface area contributed by atoms with Gasteiger partial charge in [-0.2, -0.15) is 4.98 Å². The average molecular weight is 316 g/mol. The van der Waals surface area contributed by atoms with E-state index in [4.69, 9.17) is 9.15 Å². The molecule has 0 saturated carbocycles. The molecule has 0 radical (unpaired) electrons. The largest absolute Gasteiger partial charge is 0.504 e. The number of ketones is 1. The van der Waals surface area contributed by atoms with Crippen LogP contribution >= 0.6 is 0 Å². The molecule has 23 heavy (non-hydrogen) atoms. The van der Waals surface area contributed by atoms with Gasteiger partial charge in [-0.15, -0.1) is 0 Å². The smallest absolute Gasteiger partial charge is 0.302 e. The second kappa shape index (κ2) is 6.35. The molecule has 2 rings (SSSR count). The van der Waals surface area contributed by atoms with E-state index in [1.54, 1.807) is 13.0 Å². The molecule has 2 N–H and O–H groups in total. The number of benzene rings is 1. The Bertz CT molecular complexity index is 792. The summed E-state index contributed by atoms with van der Waals surface area (Å²) in [4.78, 5) is 27.5. The van der Waals surface area contributed by atoms with E-state index < -0.39 is 5.78 Å². The summed E-state index contributed by atoms with van der Waals surface area (Å²) in [6, 6.07) is 4.39. The number of nitrogens with zero attached hydrogens (tertiary/aromatic N) is 1. The van der Waals surface area contributed by atoms with Gasteiger partial charge in [-0.25, -0.2) is 0 Å². The van der Waals surface area contributed by atoms with Gasteiger partial charge in [0.15, 0.2) is 17.3 Å². The summed E-state index contributed by atoms with van der Waals surface area (Å²) in [6.07, 6.45) is 0. The van der Waals surface area contributed by atoms with Crippen LogP contribution in [-0.4, -0.2) is 28.9 Å². The monoisotopic (exact) mass is 316 g/mol. The van der Waals surface area contributed by atoms with Crippen molar-refractivity contribution in [1.29, 1.82) is 0 Å². The van der Waals surface area contributed by atoms with Crippen molar-refractivity contribution in [2.45, 2.75) is 13.8 Å². The Balaban J connectivity index is 2.31. The molecule has 120 valence electrons. The van der Waals surface area contributed by atoms with Crippen molar-refractivity contribution >= 4 is 23.3 Å². The lowest BCUT2D eigenvalue weighted by Crippen LogP contribution is -2.05. The van der Waals surface area contributed by atoms with Crippen LogP contribution in [0.25, 0.3) is 5.57 Å². The third kappa shape index (κ3) is 3.39. The topological polar surface area (TPSA) is 102 Å². The molecule has 0 spiro atoms. The molecule has 2 aromatic rings. The van der Waals surface area contributed by atoms with Crippen LogP contribution in [0.2, 0.25) is 0 Å². The van der Waals surface area contributed by atoms with Gasteiger partial charge in [0.2, 0.25) is 11.7 Å². The number of aromatic hydroxyl groups is 1. The van der Waals surface area contributed by atoms with Crippen LogP contribution < -0.4 is 10.1 Å². The van der Waals surface area contributed by atoms with Crippen LogP contribution in [0, 0.1) is 6.92 Å². The summed E-state index contributed by atoms with van der Waals surface area (Å²) in [5, 5.41) is 12.0. The van der Waals surface area contributed by atoms with E-state index >= 15 is 0 Å². The van der Waals surface area contributed by atoms with Crippen LogP contribution in [0.5, 0.6) is 11.5 Å². The Morgan fingerprint density at radius 1 is 1.39 bits per heavy atom. The lowest BCUT2D eigenvalue weighted by atomic mass is 10.0. The summed E-state index contributed by atoms with van der Waals surface area (Å²) in [6.45, 7) is 6.65. The van der Waals surface area contributed by atoms with E-state index in [0.29, 0.717) is 11.3 Å². The number of nitrogens with one attached hydrogen (secondary N) is 1. The highest BCUT2D eigenvalue weighted by molar-refractivity contribution is 6.27. The van der Waals surface area contributed by atoms with Gasteiger partial charge in [-0.05, 0) is 24.6 Å². The minimum Gasteiger partial charge on any atom is -0.504 e. The van der Waals surface area contributed by atoms with Crippen LogP contribution in [0.1, 0.15) is 28.7 Å². The zero-order valence-corrected chi connectivity index (χ0v) is 13.0. The molecule has 0 atom stereocenters. The van der Waals surface area contributed by atoms with Crippen molar-refractivity contribution in [2.75, 3.05) is 12.4 Å². The van der Waals surface area contributed by atoms with Gasteiger partial charge < -0.3 is 14.3 Å². The van der Waals surface area contributed by atoms with Crippen LogP contribution in [0.4, 0.5) is 6.01 Å². The molecule has 1 aromatic heterocycles. The highest BCUT2D eigenvalue weighted by Gasteiger charge is 2.22. The van der Waals surface area contributed by atoms with Crippen LogP contribution in [0.15, 0.2) is 29.2 Å². The number of anilines is 1. The predicted molar refractivity (Wildman–Crippen MR) is 83.6 cm³/mol. The second-order valence-corrected chi connectivity index (χ2v) is 4.81. The molecule has 0 unspecified atom stereocenters. The molecule has 7 nitrogen and oxygen atoms in total. The molecule has 0 fully saturated rings. The number of rotatable bonds is 5. The Morgan fingerprint density at radius 3 is 2.70 bits per heavy atom. The van der Waals surface area contributed by atoms with Gasteiger partial charge in [-0.3, -0.25) is 14.9 Å². The number of amides is 1. The fraction of sp³-hybridized carbons (Fsp3) is 0.188. The van der Waals surface area contributed by atoms with Crippen LogP contribution in [0.3, 0.4) is 0 Å². The molecule has 1 amide bonds. The standard InChI is InChI=1S/C16H16N2O5/c1-8(11-5-6-12(20)13(7-11)22-4)14(21)15-9(2)17-16(23-15)18-10(3)19/h5-7,20H,1H2,2-4H3,(H,17,18,19). The van der Waals surface area contributed by atoms with Crippen molar-refractivity contribution in [3.63, 3.8) is 0 Å². The van der Waals surface area contributed by atoms with Gasteiger partial charge in [0.05, 0.1) is 12.8 Å². The van der Waals surface area contributed by atoms with Crippen molar-refractivity contribution in [3.05, 3.63) is 41.8 Å². The average Bonchev–Trinajstić information content (AvgIpc) is 2.86. The van der Waals surface area contributed by atoms with E-state index in [1.807, 2.05) is 0 Å². The number of methoxy groups -OCH3 is 1. The van der Waals surface area contributed by atoms with Gasteiger partial charge in [-0.1, -0.05) is 12.6 Å². The van der Waals surface area contributed by atoms with Crippen LogP contribution in [-0.2, 0) is 4.79 Å². The number of phenols is 1. The third-order valence-corrected chi connectivity index (χ3v) is 3.09. The number of allylic oxidation sites excluding steroid dienone is 1. The van der Waals surface area contributed by atoms with Gasteiger partial charge >= 0.3 is 6.01 Å². The zero-order chi connectivity index (χ0) is 17.1. The SMILES string of the molecule is C=C(C(=O)c1oc(NC(C)=O)nc1C)c1ccc(O)c(OC)c1. The minimum absolute atomic E-state index is 0.00853. The first kappa shape index (κ1) is 16.3. The second-order valence-electron chi connectivity index (χ2n) is 4.81. The summed E-state index contributed by atoms with van der Waals surface area (Å²) in [5.74, 6) is -0.651. The summed E-state index contributed by atoms with van der Waals surface area (Å²) < 4.78 is 10.3. The van der Waals surface area contributed by atoms with E-state index in [9.17, 15) is 14.7 Å². The number of aromatic nitrogens is 1. The normalized spacial score (nSPS) is 10.2.